The molecular weight excluding hydrogens is 402 g/mol. The summed E-state index contributed by atoms with van der Waals surface area (Å²) in [6, 6.07) is 8.77. The minimum atomic E-state index is -4.06. The van der Waals surface area contributed by atoms with E-state index in [2.05, 4.69) is 14.7 Å². The fourth-order valence-electron chi connectivity index (χ4n) is 2.74. The monoisotopic (exact) mass is 415 g/mol. The number of aryl methyl sites for hydroxylation is 1. The summed E-state index contributed by atoms with van der Waals surface area (Å²) in [5, 5.41) is 14.5. The first-order chi connectivity index (χ1) is 13.7. The maximum atomic E-state index is 12.9. The molecule has 3 aromatic rings. The van der Waals surface area contributed by atoms with Crippen LogP contribution in [0.25, 0.3) is 21.4 Å². The lowest BCUT2D eigenvalue weighted by molar-refractivity contribution is -0.384. The van der Waals surface area contributed by atoms with E-state index >= 15 is 0 Å². The van der Waals surface area contributed by atoms with Crippen molar-refractivity contribution in [2.75, 3.05) is 4.72 Å². The first-order valence-electron chi connectivity index (χ1n) is 8.07. The fourth-order valence-corrected chi connectivity index (χ4v) is 4.06. The molecule has 2 aromatic carbocycles. The van der Waals surface area contributed by atoms with Gasteiger partial charge in [0, 0.05) is 34.2 Å². The highest BCUT2D eigenvalue weighted by Gasteiger charge is 2.20. The summed E-state index contributed by atoms with van der Waals surface area (Å²) >= 11 is 0. The van der Waals surface area contributed by atoms with Crippen LogP contribution in [0.5, 0.6) is 0 Å². The van der Waals surface area contributed by atoms with Crippen molar-refractivity contribution in [2.24, 2.45) is 5.11 Å². The molecule has 0 radical (unpaired) electrons. The van der Waals surface area contributed by atoms with Crippen LogP contribution in [0.4, 0.5) is 11.4 Å². The van der Waals surface area contributed by atoms with Gasteiger partial charge in [0.05, 0.1) is 16.4 Å². The Bertz CT molecular complexity index is 1320. The number of non-ortho nitro benzene ring substituents is 1. The molecule has 0 unspecified atom stereocenters. The van der Waals surface area contributed by atoms with Crippen molar-refractivity contribution in [3.63, 3.8) is 0 Å². The number of anilines is 1. The van der Waals surface area contributed by atoms with Gasteiger partial charge in [-0.15, -0.1) is 0 Å². The van der Waals surface area contributed by atoms with E-state index in [1.54, 1.807) is 0 Å². The summed E-state index contributed by atoms with van der Waals surface area (Å²) in [7, 11) is -4.06. The molecule has 0 aliphatic carbocycles. The lowest BCUT2D eigenvalue weighted by Crippen LogP contribution is -2.14. The minimum absolute atomic E-state index is 0.0839. The van der Waals surface area contributed by atoms with Crippen molar-refractivity contribution in [3.05, 3.63) is 84.6 Å². The number of rotatable bonds is 6. The summed E-state index contributed by atoms with van der Waals surface area (Å²) in [5.41, 5.74) is 8.64. The molecule has 0 saturated carbocycles. The average molecular weight is 415 g/mol. The Morgan fingerprint density at radius 2 is 1.93 bits per heavy atom. The summed E-state index contributed by atoms with van der Waals surface area (Å²) < 4.78 is 33.2. The number of nitrogens with zero attached hydrogens (tertiary/aromatic N) is 4. The molecule has 0 aliphatic heterocycles. The Balaban J connectivity index is 2.08. The highest BCUT2D eigenvalue weighted by Crippen LogP contribution is 2.27. The molecule has 0 bridgehead atoms. The third kappa shape index (κ3) is 4.18. The molecule has 0 saturated heterocycles. The quantitative estimate of drug-likeness (QED) is 0.161. The molecule has 12 heteroatoms. The Kier molecular flexibility index (Phi) is 5.22. The number of nitro groups is 1. The first-order valence-corrected chi connectivity index (χ1v) is 9.55. The van der Waals surface area contributed by atoms with Gasteiger partial charge >= 0.3 is 5.63 Å². The zero-order chi connectivity index (χ0) is 21.2. The van der Waals surface area contributed by atoms with Gasteiger partial charge in [0.15, 0.2) is 0 Å². The zero-order valence-corrected chi connectivity index (χ0v) is 15.7. The maximum absolute atomic E-state index is 12.9. The van der Waals surface area contributed by atoms with Crippen LogP contribution in [0.2, 0.25) is 0 Å². The van der Waals surface area contributed by atoms with Crippen LogP contribution >= 0.6 is 0 Å². The Labute approximate surface area is 163 Å². The molecular formula is C17H13N5O6S. The fraction of sp³-hybridized carbons (Fsp3) is 0.118. The largest absolute Gasteiger partial charge is 0.423 e. The molecule has 29 heavy (non-hydrogen) atoms. The molecule has 1 N–H and O–H groups in total. The lowest BCUT2D eigenvalue weighted by atomic mass is 10.1. The lowest BCUT2D eigenvalue weighted by Gasteiger charge is -2.12. The van der Waals surface area contributed by atoms with Gasteiger partial charge in [-0.2, -0.15) is 0 Å². The van der Waals surface area contributed by atoms with Crippen LogP contribution in [0.3, 0.4) is 0 Å². The van der Waals surface area contributed by atoms with E-state index in [4.69, 9.17) is 9.95 Å². The second kappa shape index (κ2) is 7.62. The van der Waals surface area contributed by atoms with E-state index in [1.165, 1.54) is 43.3 Å². The Morgan fingerprint density at radius 3 is 2.55 bits per heavy atom. The highest BCUT2D eigenvalue weighted by molar-refractivity contribution is 7.92. The molecule has 0 fully saturated rings. The molecule has 11 nitrogen and oxygen atoms in total. The predicted octanol–water partition coefficient (Wildman–Crippen LogP) is 3.62. The first kappa shape index (κ1) is 19.9. The molecule has 0 amide bonds. The molecule has 3 rings (SSSR count). The second-order valence-corrected chi connectivity index (χ2v) is 7.65. The zero-order valence-electron chi connectivity index (χ0n) is 14.9. The number of nitro benzene ring substituents is 1. The number of hydrogen-bond donors (Lipinski definition) is 1. The van der Waals surface area contributed by atoms with E-state index in [0.29, 0.717) is 16.5 Å². The van der Waals surface area contributed by atoms with Crippen LogP contribution in [0.15, 0.2) is 61.7 Å². The molecule has 0 aliphatic rings. The van der Waals surface area contributed by atoms with Crippen molar-refractivity contribution in [3.8, 4) is 0 Å². The van der Waals surface area contributed by atoms with E-state index in [1.807, 2.05) is 0 Å². The van der Waals surface area contributed by atoms with Crippen LogP contribution < -0.4 is 10.3 Å². The van der Waals surface area contributed by atoms with Gasteiger partial charge < -0.3 is 4.42 Å². The van der Waals surface area contributed by atoms with Crippen LogP contribution in [-0.2, 0) is 16.6 Å². The predicted molar refractivity (Wildman–Crippen MR) is 104 cm³/mol. The van der Waals surface area contributed by atoms with E-state index in [0.717, 1.165) is 6.07 Å². The van der Waals surface area contributed by atoms with Crippen molar-refractivity contribution < 1.29 is 17.8 Å². The molecule has 0 atom stereocenters. The van der Waals surface area contributed by atoms with Gasteiger partial charge in [-0.05, 0) is 47.8 Å². The van der Waals surface area contributed by atoms with Gasteiger partial charge in [-0.25, -0.2) is 13.2 Å². The van der Waals surface area contributed by atoms with Gasteiger partial charge in [-0.1, -0.05) is 5.11 Å². The van der Waals surface area contributed by atoms with E-state index in [-0.39, 0.29) is 28.4 Å². The van der Waals surface area contributed by atoms with Crippen LogP contribution in [-0.4, -0.2) is 13.3 Å². The summed E-state index contributed by atoms with van der Waals surface area (Å²) in [6.07, 6.45) is 0. The van der Waals surface area contributed by atoms with Crippen LogP contribution in [0, 0.1) is 17.0 Å². The topological polar surface area (TPSA) is 168 Å². The van der Waals surface area contributed by atoms with E-state index < -0.39 is 20.6 Å². The van der Waals surface area contributed by atoms with Crippen molar-refractivity contribution in [2.45, 2.75) is 18.4 Å². The minimum Gasteiger partial charge on any atom is -0.423 e. The standard InChI is InChI=1S/C17H13N5O6S/c1-10-6-15-14(11(9-19-21-18)7-17(23)28-15)8-16(10)29(26,27)20-12-2-4-13(5-3-12)22(24)25/h2-8,20H,9H2,1H3. The Morgan fingerprint density at radius 1 is 1.24 bits per heavy atom. The number of azide groups is 1. The second-order valence-electron chi connectivity index (χ2n) is 6.00. The van der Waals surface area contributed by atoms with Gasteiger partial charge in [0.2, 0.25) is 0 Å². The SMILES string of the molecule is Cc1cc2oc(=O)cc(CN=[N+]=[N-])c2cc1S(=O)(=O)Nc1ccc([N+](=O)[O-])cc1. The van der Waals surface area contributed by atoms with Crippen molar-refractivity contribution in [1.82, 2.24) is 0 Å². The molecule has 1 aromatic heterocycles. The Hall–Kier alpha value is -3.89. The van der Waals surface area contributed by atoms with E-state index in [9.17, 15) is 23.3 Å². The average Bonchev–Trinajstić information content (AvgIpc) is 2.65. The van der Waals surface area contributed by atoms with Crippen LogP contribution in [0.1, 0.15) is 11.1 Å². The van der Waals surface area contributed by atoms with Crippen molar-refractivity contribution in [1.29, 1.82) is 0 Å². The summed E-state index contributed by atoms with van der Waals surface area (Å²) in [5.74, 6) is 0. The highest BCUT2D eigenvalue weighted by atomic mass is 32.2. The number of sulfonamides is 1. The third-order valence-electron chi connectivity index (χ3n) is 4.05. The smallest absolute Gasteiger partial charge is 0.336 e. The normalized spacial score (nSPS) is 11.1. The summed E-state index contributed by atoms with van der Waals surface area (Å²) in [4.78, 5) is 24.4. The molecule has 1 heterocycles. The number of fused-ring (bicyclic) bond motifs is 1. The third-order valence-corrected chi connectivity index (χ3v) is 5.57. The molecule has 0 spiro atoms. The van der Waals surface area contributed by atoms with Crippen molar-refractivity contribution >= 4 is 32.4 Å². The maximum Gasteiger partial charge on any atom is 0.336 e. The van der Waals surface area contributed by atoms with Gasteiger partial charge in [0.1, 0.15) is 5.58 Å². The number of benzene rings is 2. The summed E-state index contributed by atoms with van der Waals surface area (Å²) in [6.45, 7) is 1.38. The number of hydrogen-bond acceptors (Lipinski definition) is 7. The van der Waals surface area contributed by atoms with Gasteiger partial charge in [-0.3, -0.25) is 14.8 Å². The molecule has 148 valence electrons. The van der Waals surface area contributed by atoms with Gasteiger partial charge in [0.25, 0.3) is 15.7 Å². The number of nitrogens with one attached hydrogen (secondary N) is 1.